The molecule has 2 aromatic rings. The fourth-order valence-electron chi connectivity index (χ4n) is 2.15. The lowest BCUT2D eigenvalue weighted by Crippen LogP contribution is -2.27. The molecule has 0 bridgehead atoms. The number of phenolic OH excluding ortho intramolecular Hbond substituents is 1. The van der Waals surface area contributed by atoms with Crippen LogP contribution in [0.1, 0.15) is 24.5 Å². The van der Waals surface area contributed by atoms with Gasteiger partial charge in [-0.05, 0) is 60.9 Å². The van der Waals surface area contributed by atoms with E-state index < -0.39 is 0 Å². The molecule has 3 N–H and O–H groups in total. The molecule has 0 saturated carbocycles. The predicted molar refractivity (Wildman–Crippen MR) is 97.8 cm³/mol. The Balaban J connectivity index is 1.95. The standard InChI is InChI=1S/C18H20ClN3O2/c1-3-16(13-7-9-14(23)10-8-13)21-22-18(24)11-20-17-6-4-5-15(19)12(17)2/h4-10,20,23H,3,11H2,1-2H3,(H,22,24). The zero-order chi connectivity index (χ0) is 17.5. The number of carbonyl (C=O) groups is 1. The van der Waals surface area contributed by atoms with Crippen molar-refractivity contribution >= 4 is 28.9 Å². The molecule has 5 nitrogen and oxygen atoms in total. The normalized spacial score (nSPS) is 11.2. The number of rotatable bonds is 6. The lowest BCUT2D eigenvalue weighted by atomic mass is 10.1. The summed E-state index contributed by atoms with van der Waals surface area (Å²) in [4.78, 5) is 12.0. The molecule has 2 rings (SSSR count). The highest BCUT2D eigenvalue weighted by atomic mass is 35.5. The van der Waals surface area contributed by atoms with Gasteiger partial charge >= 0.3 is 0 Å². The Morgan fingerprint density at radius 2 is 1.92 bits per heavy atom. The summed E-state index contributed by atoms with van der Waals surface area (Å²) >= 11 is 6.05. The second kappa shape index (κ2) is 8.36. The first kappa shape index (κ1) is 17.8. The molecule has 6 heteroatoms. The van der Waals surface area contributed by atoms with Gasteiger partial charge in [-0.1, -0.05) is 24.6 Å². The Morgan fingerprint density at radius 3 is 2.58 bits per heavy atom. The van der Waals surface area contributed by atoms with E-state index in [2.05, 4.69) is 15.8 Å². The van der Waals surface area contributed by atoms with Crippen molar-refractivity contribution in [1.29, 1.82) is 0 Å². The van der Waals surface area contributed by atoms with Gasteiger partial charge < -0.3 is 10.4 Å². The highest BCUT2D eigenvalue weighted by molar-refractivity contribution is 6.31. The third kappa shape index (κ3) is 4.73. The second-order valence-electron chi connectivity index (χ2n) is 5.26. The number of anilines is 1. The largest absolute Gasteiger partial charge is 0.508 e. The van der Waals surface area contributed by atoms with E-state index in [4.69, 9.17) is 11.6 Å². The Kier molecular flexibility index (Phi) is 6.21. The van der Waals surface area contributed by atoms with Gasteiger partial charge in [-0.3, -0.25) is 4.79 Å². The first-order valence-electron chi connectivity index (χ1n) is 7.65. The summed E-state index contributed by atoms with van der Waals surface area (Å²) in [5.74, 6) is -0.0570. The van der Waals surface area contributed by atoms with Gasteiger partial charge in [0.2, 0.25) is 0 Å². The highest BCUT2D eigenvalue weighted by Gasteiger charge is 2.06. The molecule has 0 aliphatic rings. The van der Waals surface area contributed by atoms with Gasteiger partial charge in [-0.25, -0.2) is 5.43 Å². The topological polar surface area (TPSA) is 73.7 Å². The lowest BCUT2D eigenvalue weighted by molar-refractivity contribution is -0.119. The van der Waals surface area contributed by atoms with E-state index in [1.54, 1.807) is 30.3 Å². The Bertz CT molecular complexity index is 742. The number of amides is 1. The van der Waals surface area contributed by atoms with Crippen molar-refractivity contribution in [3.05, 3.63) is 58.6 Å². The van der Waals surface area contributed by atoms with Gasteiger partial charge in [0.1, 0.15) is 5.75 Å². The summed E-state index contributed by atoms with van der Waals surface area (Å²) in [6.45, 7) is 3.93. The van der Waals surface area contributed by atoms with Crippen LogP contribution in [-0.2, 0) is 4.79 Å². The first-order chi connectivity index (χ1) is 11.5. The fraction of sp³-hybridized carbons (Fsp3) is 0.222. The predicted octanol–water partition coefficient (Wildman–Crippen LogP) is 3.70. The molecule has 0 spiro atoms. The van der Waals surface area contributed by atoms with Crippen molar-refractivity contribution in [2.75, 3.05) is 11.9 Å². The highest BCUT2D eigenvalue weighted by Crippen LogP contribution is 2.22. The zero-order valence-corrected chi connectivity index (χ0v) is 14.4. The maximum absolute atomic E-state index is 12.0. The van der Waals surface area contributed by atoms with Gasteiger partial charge in [0.05, 0.1) is 12.3 Å². The molecule has 0 aliphatic heterocycles. The summed E-state index contributed by atoms with van der Waals surface area (Å²) in [5.41, 5.74) is 5.85. The first-order valence-corrected chi connectivity index (χ1v) is 8.03. The lowest BCUT2D eigenvalue weighted by Gasteiger charge is -2.10. The van der Waals surface area contributed by atoms with Gasteiger partial charge in [0, 0.05) is 10.7 Å². The molecule has 24 heavy (non-hydrogen) atoms. The van der Waals surface area contributed by atoms with E-state index in [0.717, 1.165) is 22.5 Å². The number of benzene rings is 2. The van der Waals surface area contributed by atoms with Crippen molar-refractivity contribution in [2.24, 2.45) is 5.10 Å². The maximum atomic E-state index is 12.0. The van der Waals surface area contributed by atoms with Crippen LogP contribution < -0.4 is 10.7 Å². The van der Waals surface area contributed by atoms with Crippen LogP contribution in [0.25, 0.3) is 0 Å². The number of nitrogens with one attached hydrogen (secondary N) is 2. The number of phenols is 1. The van der Waals surface area contributed by atoms with E-state index in [-0.39, 0.29) is 18.2 Å². The van der Waals surface area contributed by atoms with Crippen LogP contribution in [-0.4, -0.2) is 23.3 Å². The third-order valence-corrected chi connectivity index (χ3v) is 3.97. The molecule has 0 radical (unpaired) electrons. The molecule has 0 heterocycles. The fourth-order valence-corrected chi connectivity index (χ4v) is 2.32. The zero-order valence-electron chi connectivity index (χ0n) is 13.6. The second-order valence-corrected chi connectivity index (χ2v) is 5.67. The maximum Gasteiger partial charge on any atom is 0.259 e. The third-order valence-electron chi connectivity index (χ3n) is 3.56. The summed E-state index contributed by atoms with van der Waals surface area (Å²) in [5, 5.41) is 17.2. The Morgan fingerprint density at radius 1 is 1.21 bits per heavy atom. The van der Waals surface area contributed by atoms with E-state index in [1.165, 1.54) is 0 Å². The minimum Gasteiger partial charge on any atom is -0.508 e. The van der Waals surface area contributed by atoms with Crippen molar-refractivity contribution < 1.29 is 9.90 Å². The summed E-state index contributed by atoms with van der Waals surface area (Å²) < 4.78 is 0. The molecule has 0 aromatic heterocycles. The van der Waals surface area contributed by atoms with Gasteiger partial charge in [-0.2, -0.15) is 5.10 Å². The minimum absolute atomic E-state index is 0.0945. The molecule has 0 fully saturated rings. The van der Waals surface area contributed by atoms with Crippen LogP contribution in [0, 0.1) is 6.92 Å². The van der Waals surface area contributed by atoms with Crippen molar-refractivity contribution in [2.45, 2.75) is 20.3 Å². The summed E-state index contributed by atoms with van der Waals surface area (Å²) in [6, 6.07) is 12.2. The van der Waals surface area contributed by atoms with E-state index >= 15 is 0 Å². The van der Waals surface area contributed by atoms with Crippen molar-refractivity contribution in [3.63, 3.8) is 0 Å². The molecule has 0 atom stereocenters. The molecular weight excluding hydrogens is 326 g/mol. The number of hydrogen-bond acceptors (Lipinski definition) is 4. The average molecular weight is 346 g/mol. The average Bonchev–Trinajstić information content (AvgIpc) is 2.58. The number of hydrogen-bond donors (Lipinski definition) is 3. The molecule has 0 unspecified atom stereocenters. The number of aromatic hydroxyl groups is 1. The quantitative estimate of drug-likeness (QED) is 0.552. The van der Waals surface area contributed by atoms with Crippen molar-refractivity contribution in [3.8, 4) is 5.75 Å². The van der Waals surface area contributed by atoms with E-state index in [1.807, 2.05) is 26.0 Å². The smallest absolute Gasteiger partial charge is 0.259 e. The molecule has 126 valence electrons. The van der Waals surface area contributed by atoms with Crippen LogP contribution in [0.4, 0.5) is 5.69 Å². The molecule has 1 amide bonds. The van der Waals surface area contributed by atoms with Crippen LogP contribution in [0.3, 0.4) is 0 Å². The van der Waals surface area contributed by atoms with Crippen LogP contribution in [0.5, 0.6) is 5.75 Å². The van der Waals surface area contributed by atoms with Crippen LogP contribution in [0.15, 0.2) is 47.6 Å². The Hall–Kier alpha value is -2.53. The minimum atomic E-state index is -0.251. The number of hydrazone groups is 1. The Labute approximate surface area is 146 Å². The molecule has 0 saturated heterocycles. The SMILES string of the molecule is CCC(=NNC(=O)CNc1cccc(Cl)c1C)c1ccc(O)cc1. The molecule has 0 aliphatic carbocycles. The number of halogens is 1. The van der Waals surface area contributed by atoms with E-state index in [0.29, 0.717) is 11.4 Å². The van der Waals surface area contributed by atoms with Gasteiger partial charge in [-0.15, -0.1) is 0 Å². The van der Waals surface area contributed by atoms with Gasteiger partial charge in [0.15, 0.2) is 0 Å². The van der Waals surface area contributed by atoms with E-state index in [9.17, 15) is 9.90 Å². The number of nitrogens with zero attached hydrogens (tertiary/aromatic N) is 1. The van der Waals surface area contributed by atoms with Crippen LogP contribution in [0.2, 0.25) is 5.02 Å². The monoisotopic (exact) mass is 345 g/mol. The van der Waals surface area contributed by atoms with Gasteiger partial charge in [0.25, 0.3) is 5.91 Å². The van der Waals surface area contributed by atoms with Crippen molar-refractivity contribution in [1.82, 2.24) is 5.43 Å². The number of carbonyl (C=O) groups excluding carboxylic acids is 1. The van der Waals surface area contributed by atoms with Crippen LogP contribution >= 0.6 is 11.6 Å². The summed E-state index contributed by atoms with van der Waals surface area (Å²) in [6.07, 6.45) is 0.659. The summed E-state index contributed by atoms with van der Waals surface area (Å²) in [7, 11) is 0. The molecular formula is C18H20ClN3O2. The molecule has 2 aromatic carbocycles.